The van der Waals surface area contributed by atoms with E-state index in [2.05, 4.69) is 14.5 Å². The van der Waals surface area contributed by atoms with Crippen molar-refractivity contribution in [3.8, 4) is 0 Å². The van der Waals surface area contributed by atoms with E-state index in [0.717, 1.165) is 17.9 Å². The molecule has 0 fully saturated rings. The number of aromatic nitrogens is 4. The van der Waals surface area contributed by atoms with Crippen molar-refractivity contribution in [1.82, 2.24) is 23.4 Å². The lowest BCUT2D eigenvalue weighted by atomic mass is 10.3. The standard InChI is InChI=1S/C15H19N5O2S/c1-4-20-14-6-5-12(23(21,22)18(2)3)9-13(14)17-15(20)10-19-8-7-16-11-19/h5-9,11H,4,10H2,1-3H3. The molecule has 0 unspecified atom stereocenters. The van der Waals surface area contributed by atoms with E-state index in [-0.39, 0.29) is 4.90 Å². The van der Waals surface area contributed by atoms with Crippen molar-refractivity contribution in [3.63, 3.8) is 0 Å². The Morgan fingerprint density at radius 3 is 2.65 bits per heavy atom. The quantitative estimate of drug-likeness (QED) is 0.710. The Morgan fingerprint density at radius 2 is 2.04 bits per heavy atom. The highest BCUT2D eigenvalue weighted by molar-refractivity contribution is 7.89. The van der Waals surface area contributed by atoms with Gasteiger partial charge in [0.2, 0.25) is 10.0 Å². The number of benzene rings is 1. The first-order chi connectivity index (χ1) is 10.9. The summed E-state index contributed by atoms with van der Waals surface area (Å²) in [5.74, 6) is 0.875. The predicted molar refractivity (Wildman–Crippen MR) is 87.6 cm³/mol. The molecule has 7 nitrogen and oxygen atoms in total. The highest BCUT2D eigenvalue weighted by Crippen LogP contribution is 2.22. The minimum atomic E-state index is -3.46. The van der Waals surface area contributed by atoms with Gasteiger partial charge in [-0.1, -0.05) is 0 Å². The average molecular weight is 333 g/mol. The van der Waals surface area contributed by atoms with Crippen LogP contribution in [0.4, 0.5) is 0 Å². The van der Waals surface area contributed by atoms with Crippen LogP contribution in [0.1, 0.15) is 12.7 Å². The van der Waals surface area contributed by atoms with E-state index in [1.54, 1.807) is 24.7 Å². The summed E-state index contributed by atoms with van der Waals surface area (Å²) >= 11 is 0. The third-order valence-electron chi connectivity index (χ3n) is 3.78. The third-order valence-corrected chi connectivity index (χ3v) is 5.59. The largest absolute Gasteiger partial charge is 0.330 e. The fraction of sp³-hybridized carbons (Fsp3) is 0.333. The maximum absolute atomic E-state index is 12.3. The lowest BCUT2D eigenvalue weighted by Crippen LogP contribution is -2.22. The van der Waals surface area contributed by atoms with Crippen LogP contribution in [0.2, 0.25) is 0 Å². The molecule has 0 spiro atoms. The monoisotopic (exact) mass is 333 g/mol. The molecule has 122 valence electrons. The maximum atomic E-state index is 12.3. The van der Waals surface area contributed by atoms with E-state index >= 15 is 0 Å². The first kappa shape index (κ1) is 15.7. The summed E-state index contributed by atoms with van der Waals surface area (Å²) in [6.07, 6.45) is 5.34. The molecule has 0 aliphatic rings. The van der Waals surface area contributed by atoms with Gasteiger partial charge in [-0.05, 0) is 25.1 Å². The SMILES string of the molecule is CCn1c(Cn2ccnc2)nc2cc(S(=O)(=O)N(C)C)ccc21. The molecule has 0 amide bonds. The maximum Gasteiger partial charge on any atom is 0.242 e. The Hall–Kier alpha value is -2.19. The molecule has 0 aliphatic carbocycles. The van der Waals surface area contributed by atoms with Crippen LogP contribution in [-0.4, -0.2) is 45.9 Å². The summed E-state index contributed by atoms with van der Waals surface area (Å²) in [6, 6.07) is 5.08. The molecule has 0 atom stereocenters. The molecular weight excluding hydrogens is 314 g/mol. The molecule has 1 aromatic carbocycles. The fourth-order valence-electron chi connectivity index (χ4n) is 2.55. The van der Waals surface area contributed by atoms with E-state index in [1.807, 2.05) is 23.8 Å². The van der Waals surface area contributed by atoms with E-state index in [9.17, 15) is 8.42 Å². The van der Waals surface area contributed by atoms with E-state index < -0.39 is 10.0 Å². The summed E-state index contributed by atoms with van der Waals surface area (Å²) < 4.78 is 29.8. The number of hydrogen-bond donors (Lipinski definition) is 0. The lowest BCUT2D eigenvalue weighted by Gasteiger charge is -2.11. The smallest absolute Gasteiger partial charge is 0.242 e. The molecule has 2 heterocycles. The second kappa shape index (κ2) is 5.78. The first-order valence-corrected chi connectivity index (χ1v) is 8.75. The number of rotatable bonds is 5. The van der Waals surface area contributed by atoms with Crippen LogP contribution in [0, 0.1) is 0 Å². The zero-order valence-corrected chi connectivity index (χ0v) is 14.2. The van der Waals surface area contributed by atoms with Gasteiger partial charge in [-0.25, -0.2) is 22.7 Å². The minimum absolute atomic E-state index is 0.255. The summed E-state index contributed by atoms with van der Waals surface area (Å²) in [5.41, 5.74) is 1.62. The molecule has 3 aromatic rings. The second-order valence-electron chi connectivity index (χ2n) is 5.45. The molecule has 23 heavy (non-hydrogen) atoms. The van der Waals surface area contributed by atoms with Crippen molar-refractivity contribution in [1.29, 1.82) is 0 Å². The number of sulfonamides is 1. The molecule has 2 aromatic heterocycles. The molecule has 0 radical (unpaired) electrons. The van der Waals surface area contributed by atoms with Crippen LogP contribution in [0.3, 0.4) is 0 Å². The van der Waals surface area contributed by atoms with Gasteiger partial charge >= 0.3 is 0 Å². The summed E-state index contributed by atoms with van der Waals surface area (Å²) in [7, 11) is -0.415. The summed E-state index contributed by atoms with van der Waals surface area (Å²) in [6.45, 7) is 3.40. The van der Waals surface area contributed by atoms with Gasteiger partial charge in [0.25, 0.3) is 0 Å². The van der Waals surface area contributed by atoms with Gasteiger partial charge in [-0.3, -0.25) is 0 Å². The lowest BCUT2D eigenvalue weighted by molar-refractivity contribution is 0.521. The van der Waals surface area contributed by atoms with Crippen molar-refractivity contribution in [2.75, 3.05) is 14.1 Å². The number of imidazole rings is 2. The van der Waals surface area contributed by atoms with Crippen LogP contribution in [-0.2, 0) is 23.1 Å². The topological polar surface area (TPSA) is 73.0 Å². The Kier molecular flexibility index (Phi) is 3.95. The first-order valence-electron chi connectivity index (χ1n) is 7.31. The summed E-state index contributed by atoms with van der Waals surface area (Å²) in [5, 5.41) is 0. The number of hydrogen-bond acceptors (Lipinski definition) is 4. The number of aryl methyl sites for hydroxylation is 1. The second-order valence-corrected chi connectivity index (χ2v) is 7.60. The average Bonchev–Trinajstić information content (AvgIpc) is 3.13. The molecule has 8 heteroatoms. The molecule has 0 bridgehead atoms. The van der Waals surface area contributed by atoms with E-state index in [0.29, 0.717) is 12.1 Å². The molecule has 0 saturated heterocycles. The zero-order chi connectivity index (χ0) is 16.6. The summed E-state index contributed by atoms with van der Waals surface area (Å²) in [4.78, 5) is 8.91. The van der Waals surface area contributed by atoms with Crippen LogP contribution < -0.4 is 0 Å². The minimum Gasteiger partial charge on any atom is -0.330 e. The Morgan fingerprint density at radius 1 is 1.26 bits per heavy atom. The molecule has 0 saturated carbocycles. The van der Waals surface area contributed by atoms with Gasteiger partial charge < -0.3 is 9.13 Å². The van der Waals surface area contributed by atoms with Gasteiger partial charge in [0.15, 0.2) is 0 Å². The normalized spacial score (nSPS) is 12.3. The van der Waals surface area contributed by atoms with Gasteiger partial charge in [0.05, 0.1) is 28.8 Å². The molecule has 0 aliphatic heterocycles. The highest BCUT2D eigenvalue weighted by atomic mass is 32.2. The van der Waals surface area contributed by atoms with Crippen molar-refractivity contribution in [2.24, 2.45) is 0 Å². The van der Waals surface area contributed by atoms with Crippen LogP contribution in [0.25, 0.3) is 11.0 Å². The highest BCUT2D eigenvalue weighted by Gasteiger charge is 2.19. The third kappa shape index (κ3) is 2.75. The van der Waals surface area contributed by atoms with Crippen molar-refractivity contribution in [3.05, 3.63) is 42.7 Å². The van der Waals surface area contributed by atoms with Gasteiger partial charge in [0.1, 0.15) is 5.82 Å². The Balaban J connectivity index is 2.10. The number of fused-ring (bicyclic) bond motifs is 1. The molecule has 0 N–H and O–H groups in total. The van der Waals surface area contributed by atoms with Gasteiger partial charge in [-0.15, -0.1) is 0 Å². The van der Waals surface area contributed by atoms with Gasteiger partial charge in [0, 0.05) is 33.0 Å². The van der Waals surface area contributed by atoms with Crippen LogP contribution in [0.15, 0.2) is 41.8 Å². The van der Waals surface area contributed by atoms with Gasteiger partial charge in [-0.2, -0.15) is 0 Å². The van der Waals surface area contributed by atoms with E-state index in [1.165, 1.54) is 18.4 Å². The van der Waals surface area contributed by atoms with Crippen molar-refractivity contribution < 1.29 is 8.42 Å². The predicted octanol–water partition coefficient (Wildman–Crippen LogP) is 1.55. The zero-order valence-electron chi connectivity index (χ0n) is 13.3. The molecular formula is C15H19N5O2S. The van der Waals surface area contributed by atoms with Crippen molar-refractivity contribution >= 4 is 21.1 Å². The Bertz CT molecular complexity index is 926. The van der Waals surface area contributed by atoms with Crippen LogP contribution in [0.5, 0.6) is 0 Å². The van der Waals surface area contributed by atoms with Crippen molar-refractivity contribution in [2.45, 2.75) is 24.9 Å². The van der Waals surface area contributed by atoms with Crippen LogP contribution >= 0.6 is 0 Å². The molecule has 3 rings (SSSR count). The number of nitrogens with zero attached hydrogens (tertiary/aromatic N) is 5. The fourth-order valence-corrected chi connectivity index (χ4v) is 3.47. The Labute approximate surface area is 135 Å². The van der Waals surface area contributed by atoms with E-state index in [4.69, 9.17) is 0 Å².